The summed E-state index contributed by atoms with van der Waals surface area (Å²) in [7, 11) is 0. The number of halogens is 1. The Bertz CT molecular complexity index is 554. The molecule has 0 saturated carbocycles. The van der Waals surface area contributed by atoms with Gasteiger partial charge in [0.2, 0.25) is 5.89 Å². The van der Waals surface area contributed by atoms with E-state index in [1.165, 1.54) is 23.9 Å². The fourth-order valence-electron chi connectivity index (χ4n) is 2.09. The van der Waals surface area contributed by atoms with Gasteiger partial charge in [-0.25, -0.2) is 4.39 Å². The van der Waals surface area contributed by atoms with Crippen LogP contribution in [0.15, 0.2) is 33.9 Å². The largest absolute Gasteiger partial charge is 0.414 e. The van der Waals surface area contributed by atoms with Gasteiger partial charge in [-0.15, -0.1) is 10.2 Å². The molecule has 0 spiro atoms. The Balaban J connectivity index is 1.61. The molecule has 1 saturated heterocycles. The zero-order valence-electron chi connectivity index (χ0n) is 10.3. The van der Waals surface area contributed by atoms with Gasteiger partial charge in [0.15, 0.2) is 0 Å². The summed E-state index contributed by atoms with van der Waals surface area (Å²) >= 11 is 1.43. The zero-order valence-corrected chi connectivity index (χ0v) is 11.1. The van der Waals surface area contributed by atoms with Gasteiger partial charge in [0.25, 0.3) is 5.22 Å². The monoisotopic (exact) mass is 279 g/mol. The van der Waals surface area contributed by atoms with Gasteiger partial charge >= 0.3 is 0 Å². The average Bonchev–Trinajstić information content (AvgIpc) is 3.07. The lowest BCUT2D eigenvalue weighted by molar-refractivity contribution is 0.374. The molecule has 0 aliphatic carbocycles. The Morgan fingerprint density at radius 2 is 2.37 bits per heavy atom. The lowest BCUT2D eigenvalue weighted by Crippen LogP contribution is -2.12. The Morgan fingerprint density at radius 1 is 1.42 bits per heavy atom. The van der Waals surface area contributed by atoms with Crippen LogP contribution < -0.4 is 5.32 Å². The minimum absolute atomic E-state index is 0.191. The highest BCUT2D eigenvalue weighted by Gasteiger charge is 2.22. The third kappa shape index (κ3) is 3.13. The van der Waals surface area contributed by atoms with E-state index in [1.807, 2.05) is 6.07 Å². The van der Waals surface area contributed by atoms with Gasteiger partial charge in [-0.3, -0.25) is 0 Å². The Morgan fingerprint density at radius 3 is 3.16 bits per heavy atom. The molecule has 0 amide bonds. The quantitative estimate of drug-likeness (QED) is 0.872. The molecule has 1 aliphatic heterocycles. The highest BCUT2D eigenvalue weighted by molar-refractivity contribution is 7.98. The van der Waals surface area contributed by atoms with Crippen LogP contribution in [0.4, 0.5) is 4.39 Å². The highest BCUT2D eigenvalue weighted by atomic mass is 32.2. The molecule has 1 aliphatic rings. The van der Waals surface area contributed by atoms with E-state index in [-0.39, 0.29) is 11.9 Å². The lowest BCUT2D eigenvalue weighted by atomic mass is 10.2. The maximum Gasteiger partial charge on any atom is 0.276 e. The van der Waals surface area contributed by atoms with E-state index in [1.54, 1.807) is 6.07 Å². The third-order valence-corrected chi connectivity index (χ3v) is 3.92. The highest BCUT2D eigenvalue weighted by Crippen LogP contribution is 2.26. The summed E-state index contributed by atoms with van der Waals surface area (Å²) in [5, 5.41) is 11.9. The number of hydrogen-bond donors (Lipinski definition) is 1. The van der Waals surface area contributed by atoms with Crippen LogP contribution in [0.1, 0.15) is 30.3 Å². The van der Waals surface area contributed by atoms with E-state index >= 15 is 0 Å². The summed E-state index contributed by atoms with van der Waals surface area (Å²) in [6.45, 7) is 0.999. The number of nitrogens with one attached hydrogen (secondary N) is 1. The van der Waals surface area contributed by atoms with Gasteiger partial charge in [-0.1, -0.05) is 23.9 Å². The van der Waals surface area contributed by atoms with Crippen LogP contribution in [-0.4, -0.2) is 16.7 Å². The molecule has 1 N–H and O–H groups in total. The summed E-state index contributed by atoms with van der Waals surface area (Å²) in [6, 6.07) is 6.72. The van der Waals surface area contributed by atoms with E-state index in [0.717, 1.165) is 24.9 Å². The van der Waals surface area contributed by atoms with Crippen LogP contribution in [0.25, 0.3) is 0 Å². The van der Waals surface area contributed by atoms with Crippen molar-refractivity contribution in [3.63, 3.8) is 0 Å². The van der Waals surface area contributed by atoms with Gasteiger partial charge in [-0.05, 0) is 37.1 Å². The van der Waals surface area contributed by atoms with E-state index in [0.29, 0.717) is 16.9 Å². The molecule has 6 heteroatoms. The van der Waals surface area contributed by atoms with Gasteiger partial charge in [0.05, 0.1) is 6.04 Å². The molecule has 1 aromatic heterocycles. The number of hydrogen-bond acceptors (Lipinski definition) is 5. The van der Waals surface area contributed by atoms with Crippen molar-refractivity contribution in [2.75, 3.05) is 6.54 Å². The standard InChI is InChI=1S/C13H14FN3OS/c14-10-4-1-3-9(7-10)8-19-13-17-16-12(18-13)11-5-2-6-15-11/h1,3-4,7,11,15H,2,5-6,8H2/t11-/m0/s1. The molecule has 1 atom stereocenters. The molecule has 2 heterocycles. The van der Waals surface area contributed by atoms with E-state index < -0.39 is 0 Å². The Labute approximate surface area is 114 Å². The molecule has 0 unspecified atom stereocenters. The molecule has 4 nitrogen and oxygen atoms in total. The van der Waals surface area contributed by atoms with Gasteiger partial charge in [0, 0.05) is 5.75 Å². The van der Waals surface area contributed by atoms with Crippen LogP contribution >= 0.6 is 11.8 Å². The van der Waals surface area contributed by atoms with E-state index in [4.69, 9.17) is 4.42 Å². The van der Waals surface area contributed by atoms with Crippen LogP contribution in [0, 0.1) is 5.82 Å². The van der Waals surface area contributed by atoms with E-state index in [9.17, 15) is 4.39 Å². The number of thioether (sulfide) groups is 1. The fraction of sp³-hybridized carbons (Fsp3) is 0.385. The minimum atomic E-state index is -0.223. The second-order valence-electron chi connectivity index (χ2n) is 4.47. The zero-order chi connectivity index (χ0) is 13.1. The maximum absolute atomic E-state index is 13.0. The maximum atomic E-state index is 13.0. The molecule has 1 aromatic carbocycles. The number of aromatic nitrogens is 2. The van der Waals surface area contributed by atoms with Gasteiger partial charge < -0.3 is 9.73 Å². The first-order valence-corrected chi connectivity index (χ1v) is 7.24. The van der Waals surface area contributed by atoms with Crippen molar-refractivity contribution in [2.45, 2.75) is 29.9 Å². The molecule has 100 valence electrons. The van der Waals surface area contributed by atoms with Crippen molar-refractivity contribution in [1.29, 1.82) is 0 Å². The van der Waals surface area contributed by atoms with Crippen molar-refractivity contribution in [3.8, 4) is 0 Å². The lowest BCUT2D eigenvalue weighted by Gasteiger charge is -2.02. The molecule has 2 aromatic rings. The molecular weight excluding hydrogens is 265 g/mol. The smallest absolute Gasteiger partial charge is 0.276 e. The van der Waals surface area contributed by atoms with Crippen LogP contribution in [-0.2, 0) is 5.75 Å². The summed E-state index contributed by atoms with van der Waals surface area (Å²) in [5.74, 6) is 1.05. The average molecular weight is 279 g/mol. The Kier molecular flexibility index (Phi) is 3.79. The number of benzene rings is 1. The molecule has 19 heavy (non-hydrogen) atoms. The molecule has 3 rings (SSSR count). The first-order valence-electron chi connectivity index (χ1n) is 6.25. The third-order valence-electron chi connectivity index (χ3n) is 3.03. The Hall–Kier alpha value is -1.40. The van der Waals surface area contributed by atoms with Crippen molar-refractivity contribution in [3.05, 3.63) is 41.5 Å². The van der Waals surface area contributed by atoms with Crippen molar-refractivity contribution in [2.24, 2.45) is 0 Å². The fourth-order valence-corrected chi connectivity index (χ4v) is 2.80. The molecular formula is C13H14FN3OS. The number of nitrogens with zero attached hydrogens (tertiary/aromatic N) is 2. The van der Waals surface area contributed by atoms with Gasteiger partial charge in [0.1, 0.15) is 5.82 Å². The summed E-state index contributed by atoms with van der Waals surface area (Å²) in [6.07, 6.45) is 2.18. The second-order valence-corrected chi connectivity index (χ2v) is 5.40. The first kappa shape index (κ1) is 12.6. The van der Waals surface area contributed by atoms with E-state index in [2.05, 4.69) is 15.5 Å². The second kappa shape index (κ2) is 5.71. The predicted octanol–water partition coefficient (Wildman–Crippen LogP) is 2.93. The SMILES string of the molecule is Fc1cccc(CSc2nnc([C@@H]3CCCN3)o2)c1. The van der Waals surface area contributed by atoms with Crippen molar-refractivity contribution in [1.82, 2.24) is 15.5 Å². The van der Waals surface area contributed by atoms with Crippen LogP contribution in [0.3, 0.4) is 0 Å². The summed E-state index contributed by atoms with van der Waals surface area (Å²) < 4.78 is 18.6. The van der Waals surface area contributed by atoms with Crippen LogP contribution in [0.2, 0.25) is 0 Å². The molecule has 1 fully saturated rings. The normalized spacial score (nSPS) is 18.9. The molecule has 0 bridgehead atoms. The van der Waals surface area contributed by atoms with Crippen molar-refractivity contribution < 1.29 is 8.81 Å². The summed E-state index contributed by atoms with van der Waals surface area (Å²) in [4.78, 5) is 0. The summed E-state index contributed by atoms with van der Waals surface area (Å²) in [5.41, 5.74) is 0.906. The minimum Gasteiger partial charge on any atom is -0.414 e. The first-order chi connectivity index (χ1) is 9.31. The topological polar surface area (TPSA) is 51.0 Å². The van der Waals surface area contributed by atoms with Crippen molar-refractivity contribution >= 4 is 11.8 Å². The predicted molar refractivity (Wildman–Crippen MR) is 70.2 cm³/mol. The number of rotatable bonds is 4. The van der Waals surface area contributed by atoms with Gasteiger partial charge in [-0.2, -0.15) is 0 Å². The molecule has 0 radical (unpaired) electrons. The van der Waals surface area contributed by atoms with Crippen LogP contribution in [0.5, 0.6) is 0 Å².